The number of carbonyl (C=O) groups is 1. The minimum atomic E-state index is -2.85. The Morgan fingerprint density at radius 1 is 0.793 bits per heavy atom. The van der Waals surface area contributed by atoms with Crippen LogP contribution in [0.15, 0.2) is 84.9 Å². The van der Waals surface area contributed by atoms with Gasteiger partial charge in [-0.1, -0.05) is 60.7 Å². The van der Waals surface area contributed by atoms with Gasteiger partial charge in [0.2, 0.25) is 6.10 Å². The van der Waals surface area contributed by atoms with E-state index in [4.69, 9.17) is 4.74 Å². The van der Waals surface area contributed by atoms with Crippen LogP contribution in [0.5, 0.6) is 11.5 Å². The predicted octanol–water partition coefficient (Wildman–Crippen LogP) is 4.77. The third-order valence-electron chi connectivity index (χ3n) is 4.20. The number of ether oxygens (including phenoxy) is 2. The maximum Gasteiger partial charge on any atom is 0.387 e. The molecule has 0 aliphatic carbocycles. The van der Waals surface area contributed by atoms with Crippen LogP contribution in [0.25, 0.3) is 0 Å². The van der Waals surface area contributed by atoms with Gasteiger partial charge in [-0.3, -0.25) is 4.79 Å². The van der Waals surface area contributed by atoms with Gasteiger partial charge in [-0.05, 0) is 36.2 Å². The number of benzene rings is 3. The highest BCUT2D eigenvalue weighted by atomic mass is 19.3. The van der Waals surface area contributed by atoms with Gasteiger partial charge in [-0.2, -0.15) is 8.78 Å². The summed E-state index contributed by atoms with van der Waals surface area (Å²) in [5, 5.41) is 2.88. The van der Waals surface area contributed by atoms with Crippen molar-refractivity contribution >= 4 is 5.91 Å². The normalized spacial score (nSPS) is 11.7. The SMILES string of the molecule is O=C(NCCc1ccc(OC(F)F)cc1)C(Oc1ccccc1)c1ccccc1. The summed E-state index contributed by atoms with van der Waals surface area (Å²) in [4.78, 5) is 12.8. The quantitative estimate of drug-likeness (QED) is 0.566. The van der Waals surface area contributed by atoms with Crippen LogP contribution in [0.1, 0.15) is 17.2 Å². The monoisotopic (exact) mass is 397 g/mol. The summed E-state index contributed by atoms with van der Waals surface area (Å²) in [6.07, 6.45) is -0.228. The van der Waals surface area contributed by atoms with E-state index in [0.29, 0.717) is 18.7 Å². The Morgan fingerprint density at radius 2 is 1.38 bits per heavy atom. The van der Waals surface area contributed by atoms with Crippen LogP contribution in [0.2, 0.25) is 0 Å². The minimum Gasteiger partial charge on any atom is -0.476 e. The lowest BCUT2D eigenvalue weighted by Crippen LogP contribution is -2.33. The fourth-order valence-electron chi connectivity index (χ4n) is 2.80. The van der Waals surface area contributed by atoms with Crippen LogP contribution in [0.3, 0.4) is 0 Å². The highest BCUT2D eigenvalue weighted by Gasteiger charge is 2.22. The molecule has 29 heavy (non-hydrogen) atoms. The van der Waals surface area contributed by atoms with Crippen molar-refractivity contribution in [2.24, 2.45) is 0 Å². The first-order valence-electron chi connectivity index (χ1n) is 9.20. The molecule has 0 aromatic heterocycles. The maximum atomic E-state index is 12.8. The van der Waals surface area contributed by atoms with Gasteiger partial charge >= 0.3 is 6.61 Å². The molecule has 3 rings (SSSR count). The molecule has 3 aromatic carbocycles. The molecule has 0 bridgehead atoms. The van der Waals surface area contributed by atoms with Crippen molar-refractivity contribution in [3.63, 3.8) is 0 Å². The summed E-state index contributed by atoms with van der Waals surface area (Å²) < 4.78 is 34.7. The molecule has 0 fully saturated rings. The van der Waals surface area contributed by atoms with Gasteiger partial charge < -0.3 is 14.8 Å². The van der Waals surface area contributed by atoms with Gasteiger partial charge in [0.15, 0.2) is 0 Å². The zero-order chi connectivity index (χ0) is 20.5. The molecule has 0 saturated carbocycles. The van der Waals surface area contributed by atoms with E-state index in [2.05, 4.69) is 10.1 Å². The first-order valence-corrected chi connectivity index (χ1v) is 9.20. The number of halogens is 2. The van der Waals surface area contributed by atoms with Crippen LogP contribution < -0.4 is 14.8 Å². The predicted molar refractivity (Wildman–Crippen MR) is 106 cm³/mol. The van der Waals surface area contributed by atoms with E-state index in [-0.39, 0.29) is 11.7 Å². The van der Waals surface area contributed by atoms with Crippen molar-refractivity contribution in [3.8, 4) is 11.5 Å². The van der Waals surface area contributed by atoms with E-state index in [1.54, 1.807) is 24.3 Å². The number of para-hydroxylation sites is 1. The molecule has 0 heterocycles. The summed E-state index contributed by atoms with van der Waals surface area (Å²) in [6.45, 7) is -2.46. The van der Waals surface area contributed by atoms with E-state index in [1.807, 2.05) is 48.5 Å². The summed E-state index contributed by atoms with van der Waals surface area (Å²) >= 11 is 0. The molecule has 0 aliphatic heterocycles. The molecule has 1 N–H and O–H groups in total. The van der Waals surface area contributed by atoms with E-state index in [9.17, 15) is 13.6 Å². The lowest BCUT2D eigenvalue weighted by molar-refractivity contribution is -0.128. The first kappa shape index (κ1) is 20.3. The van der Waals surface area contributed by atoms with Crippen molar-refractivity contribution < 1.29 is 23.0 Å². The summed E-state index contributed by atoms with van der Waals surface area (Å²) in [7, 11) is 0. The Bertz CT molecular complexity index is 887. The van der Waals surface area contributed by atoms with Gasteiger partial charge in [0.05, 0.1) is 0 Å². The Balaban J connectivity index is 1.59. The third kappa shape index (κ3) is 6.31. The molecule has 4 nitrogen and oxygen atoms in total. The summed E-state index contributed by atoms with van der Waals surface area (Å²) in [5.74, 6) is 0.456. The van der Waals surface area contributed by atoms with Gasteiger partial charge in [-0.25, -0.2) is 0 Å². The average molecular weight is 397 g/mol. The Kier molecular flexibility index (Phi) is 7.16. The molecule has 0 radical (unpaired) electrons. The van der Waals surface area contributed by atoms with Crippen molar-refractivity contribution in [3.05, 3.63) is 96.1 Å². The van der Waals surface area contributed by atoms with Crippen molar-refractivity contribution in [2.75, 3.05) is 6.54 Å². The number of hydrogen-bond donors (Lipinski definition) is 1. The minimum absolute atomic E-state index is 0.105. The molecule has 0 spiro atoms. The number of nitrogens with one attached hydrogen (secondary N) is 1. The molecule has 150 valence electrons. The Labute approximate surface area is 168 Å². The van der Waals surface area contributed by atoms with Crippen LogP contribution in [0, 0.1) is 0 Å². The van der Waals surface area contributed by atoms with Gasteiger partial charge in [0.25, 0.3) is 5.91 Å². The van der Waals surface area contributed by atoms with Crippen LogP contribution in [-0.4, -0.2) is 19.1 Å². The van der Waals surface area contributed by atoms with Crippen LogP contribution in [0.4, 0.5) is 8.78 Å². The van der Waals surface area contributed by atoms with Gasteiger partial charge in [0.1, 0.15) is 11.5 Å². The van der Waals surface area contributed by atoms with Crippen molar-refractivity contribution in [1.82, 2.24) is 5.32 Å². The van der Waals surface area contributed by atoms with E-state index in [1.165, 1.54) is 12.1 Å². The number of carbonyl (C=O) groups excluding carboxylic acids is 1. The molecule has 1 unspecified atom stereocenters. The average Bonchev–Trinajstić information content (AvgIpc) is 2.74. The number of hydrogen-bond acceptors (Lipinski definition) is 3. The first-order chi connectivity index (χ1) is 14.1. The van der Waals surface area contributed by atoms with Gasteiger partial charge in [0, 0.05) is 12.1 Å². The molecule has 0 saturated heterocycles. The standard InChI is InChI=1S/C23H21F2NO3/c24-23(25)29-20-13-11-17(12-14-20)15-16-26-22(27)21(18-7-3-1-4-8-18)28-19-9-5-2-6-10-19/h1-14,21,23H,15-16H2,(H,26,27). The third-order valence-corrected chi connectivity index (χ3v) is 4.20. The van der Waals surface area contributed by atoms with E-state index < -0.39 is 12.7 Å². The fraction of sp³-hybridized carbons (Fsp3) is 0.174. The summed E-state index contributed by atoms with van der Waals surface area (Å²) in [5.41, 5.74) is 1.65. The second kappa shape index (κ2) is 10.2. The lowest BCUT2D eigenvalue weighted by atomic mass is 10.1. The Hall–Kier alpha value is -3.41. The molecular formula is C23H21F2NO3. The second-order valence-electron chi connectivity index (χ2n) is 6.29. The van der Waals surface area contributed by atoms with E-state index >= 15 is 0 Å². The zero-order valence-corrected chi connectivity index (χ0v) is 15.6. The number of amides is 1. The lowest BCUT2D eigenvalue weighted by Gasteiger charge is -2.19. The van der Waals surface area contributed by atoms with Crippen molar-refractivity contribution in [2.45, 2.75) is 19.1 Å². The van der Waals surface area contributed by atoms with Crippen LogP contribution >= 0.6 is 0 Å². The Morgan fingerprint density at radius 3 is 2.00 bits per heavy atom. The van der Waals surface area contributed by atoms with Crippen LogP contribution in [-0.2, 0) is 11.2 Å². The van der Waals surface area contributed by atoms with Gasteiger partial charge in [-0.15, -0.1) is 0 Å². The van der Waals surface area contributed by atoms with E-state index in [0.717, 1.165) is 11.1 Å². The summed E-state index contributed by atoms with van der Waals surface area (Å²) in [6, 6.07) is 24.8. The number of alkyl halides is 2. The molecule has 1 amide bonds. The molecular weight excluding hydrogens is 376 g/mol. The number of rotatable bonds is 9. The van der Waals surface area contributed by atoms with Crippen molar-refractivity contribution in [1.29, 1.82) is 0 Å². The smallest absolute Gasteiger partial charge is 0.387 e. The molecule has 3 aromatic rings. The molecule has 6 heteroatoms. The molecule has 1 atom stereocenters. The molecule has 0 aliphatic rings. The fourth-order valence-corrected chi connectivity index (χ4v) is 2.80. The second-order valence-corrected chi connectivity index (χ2v) is 6.29. The highest BCUT2D eigenvalue weighted by Crippen LogP contribution is 2.22. The highest BCUT2D eigenvalue weighted by molar-refractivity contribution is 5.82. The maximum absolute atomic E-state index is 12.8. The topological polar surface area (TPSA) is 47.6 Å². The zero-order valence-electron chi connectivity index (χ0n) is 15.6. The largest absolute Gasteiger partial charge is 0.476 e.